The zero-order valence-electron chi connectivity index (χ0n) is 26.8. The van der Waals surface area contributed by atoms with Crippen molar-refractivity contribution in [2.45, 2.75) is 37.5 Å². The maximum Gasteiger partial charge on any atom is 0.303 e. The number of carbonyl (C=O) groups is 2. The summed E-state index contributed by atoms with van der Waals surface area (Å²) >= 11 is 0. The van der Waals surface area contributed by atoms with Crippen molar-refractivity contribution in [2.24, 2.45) is 0 Å². The Morgan fingerprint density at radius 1 is 0.560 bits per heavy atom. The topological polar surface area (TPSA) is 176 Å². The van der Waals surface area contributed by atoms with Gasteiger partial charge < -0.3 is 20.4 Å². The third kappa shape index (κ3) is 6.33. The van der Waals surface area contributed by atoms with E-state index in [9.17, 15) is 30.0 Å². The number of aromatic nitrogens is 6. The van der Waals surface area contributed by atoms with E-state index in [0.717, 1.165) is 11.1 Å². The minimum atomic E-state index is -1.09. The van der Waals surface area contributed by atoms with Gasteiger partial charge in [-0.2, -0.15) is 0 Å². The SMILES string of the molecule is Cc1ccc(C(C(CC(=O)O)c2ccc(O)c(-n3nc4ccccc4n3)c2)C(CC(=O)O)c2ccc(O)c(-n3nc4ccccc4n3)c2)cc1. The smallest absolute Gasteiger partial charge is 0.303 e. The molecule has 0 saturated heterocycles. The molecule has 0 spiro atoms. The molecule has 0 aliphatic carbocycles. The van der Waals surface area contributed by atoms with Gasteiger partial charge in [-0.25, -0.2) is 0 Å². The van der Waals surface area contributed by atoms with Gasteiger partial charge in [-0.05, 0) is 78.1 Å². The minimum absolute atomic E-state index is 0.112. The van der Waals surface area contributed by atoms with Crippen molar-refractivity contribution in [3.63, 3.8) is 0 Å². The highest BCUT2D eigenvalue weighted by Crippen LogP contribution is 2.48. The van der Waals surface area contributed by atoms with E-state index in [4.69, 9.17) is 0 Å². The van der Waals surface area contributed by atoms with Gasteiger partial charge in [0.25, 0.3) is 0 Å². The maximum atomic E-state index is 12.6. The molecule has 2 atom stereocenters. The van der Waals surface area contributed by atoms with Crippen molar-refractivity contribution in [3.05, 3.63) is 131 Å². The molecule has 250 valence electrons. The second-order valence-electron chi connectivity index (χ2n) is 12.3. The van der Waals surface area contributed by atoms with Crippen molar-refractivity contribution in [2.75, 3.05) is 0 Å². The van der Waals surface area contributed by atoms with Crippen molar-refractivity contribution in [1.29, 1.82) is 0 Å². The van der Waals surface area contributed by atoms with Crippen LogP contribution in [0.25, 0.3) is 33.4 Å². The number of aromatic hydroxyl groups is 2. The number of nitrogens with zero attached hydrogens (tertiary/aromatic N) is 6. The minimum Gasteiger partial charge on any atom is -0.506 e. The van der Waals surface area contributed by atoms with Crippen LogP contribution < -0.4 is 0 Å². The quantitative estimate of drug-likeness (QED) is 0.119. The third-order valence-corrected chi connectivity index (χ3v) is 8.98. The first kappa shape index (κ1) is 32.0. The Balaban J connectivity index is 1.41. The molecule has 0 radical (unpaired) electrons. The molecule has 12 nitrogen and oxygen atoms in total. The molecule has 2 unspecified atom stereocenters. The number of phenolic OH excluding ortho intramolecular Hbond substituents is 2. The summed E-state index contributed by atoms with van der Waals surface area (Å²) in [6.07, 6.45) is -0.713. The van der Waals surface area contributed by atoms with Gasteiger partial charge in [0.15, 0.2) is 0 Å². The maximum absolute atomic E-state index is 12.6. The van der Waals surface area contributed by atoms with Gasteiger partial charge in [0.1, 0.15) is 44.9 Å². The average molecular weight is 669 g/mol. The van der Waals surface area contributed by atoms with Crippen molar-refractivity contribution in [1.82, 2.24) is 30.0 Å². The zero-order valence-corrected chi connectivity index (χ0v) is 26.8. The third-order valence-electron chi connectivity index (χ3n) is 8.98. The van der Waals surface area contributed by atoms with Gasteiger partial charge in [0, 0.05) is 11.8 Å². The lowest BCUT2D eigenvalue weighted by Crippen LogP contribution is -2.24. The standard InChI is InChI=1S/C38H32N6O6/c1-22-10-12-23(13-11-22)38(26(20-36(47)48)24-14-16-34(45)32(18-24)43-39-28-6-2-3-7-29(28)40-43)27(21-37(49)50)25-15-17-35(46)33(19-25)44-41-30-8-4-5-9-31(30)42-44/h2-19,26-27,38,45-46H,20-21H2,1H3,(H,47,48)(H,49,50). The van der Waals surface area contributed by atoms with E-state index in [0.29, 0.717) is 33.2 Å². The molecule has 0 bridgehead atoms. The molecule has 0 aliphatic rings. The summed E-state index contributed by atoms with van der Waals surface area (Å²) in [5, 5.41) is 60.6. The van der Waals surface area contributed by atoms with Crippen molar-refractivity contribution < 1.29 is 30.0 Å². The average Bonchev–Trinajstić information content (AvgIpc) is 3.73. The molecular weight excluding hydrogens is 636 g/mol. The van der Waals surface area contributed by atoms with Crippen LogP contribution in [-0.2, 0) is 9.59 Å². The highest BCUT2D eigenvalue weighted by molar-refractivity contribution is 5.75. The van der Waals surface area contributed by atoms with Crippen LogP contribution in [0.3, 0.4) is 0 Å². The summed E-state index contributed by atoms with van der Waals surface area (Å²) in [5.74, 6) is -4.67. The summed E-state index contributed by atoms with van der Waals surface area (Å²) in [7, 11) is 0. The predicted molar refractivity (Wildman–Crippen MR) is 185 cm³/mol. The molecule has 5 aromatic carbocycles. The van der Waals surface area contributed by atoms with Gasteiger partial charge in [0.05, 0.1) is 12.8 Å². The summed E-state index contributed by atoms with van der Waals surface area (Å²) < 4.78 is 0. The number of rotatable bonds is 11. The van der Waals surface area contributed by atoms with E-state index >= 15 is 0 Å². The number of aryl methyl sites for hydroxylation is 1. The number of phenols is 2. The molecule has 0 saturated carbocycles. The normalized spacial score (nSPS) is 13.3. The first-order valence-corrected chi connectivity index (χ1v) is 16.0. The van der Waals surface area contributed by atoms with Gasteiger partial charge >= 0.3 is 11.9 Å². The number of hydrogen-bond donors (Lipinski definition) is 4. The molecule has 4 N–H and O–H groups in total. The van der Waals surface area contributed by atoms with E-state index in [1.54, 1.807) is 48.5 Å². The molecule has 0 aliphatic heterocycles. The number of carboxylic acid groups (broad SMARTS) is 2. The Morgan fingerprint density at radius 2 is 0.920 bits per heavy atom. The number of aliphatic carboxylic acids is 2. The van der Waals surface area contributed by atoms with E-state index in [1.165, 1.54) is 21.7 Å². The van der Waals surface area contributed by atoms with E-state index in [2.05, 4.69) is 20.4 Å². The first-order valence-electron chi connectivity index (χ1n) is 16.0. The Labute approximate surface area is 285 Å². The second-order valence-corrected chi connectivity index (χ2v) is 12.3. The Morgan fingerprint density at radius 3 is 1.28 bits per heavy atom. The van der Waals surface area contributed by atoms with Crippen LogP contribution in [0.15, 0.2) is 109 Å². The molecule has 2 aromatic heterocycles. The molecule has 50 heavy (non-hydrogen) atoms. The van der Waals surface area contributed by atoms with Gasteiger partial charge in [0.2, 0.25) is 0 Å². The monoisotopic (exact) mass is 668 g/mol. The molecule has 7 aromatic rings. The second kappa shape index (κ2) is 13.2. The fourth-order valence-corrected chi connectivity index (χ4v) is 6.61. The zero-order chi connectivity index (χ0) is 34.9. The van der Waals surface area contributed by atoms with Crippen LogP contribution in [0.4, 0.5) is 0 Å². The Hall–Kier alpha value is -6.56. The van der Waals surface area contributed by atoms with E-state index in [-0.39, 0.29) is 35.7 Å². The largest absolute Gasteiger partial charge is 0.506 e. The summed E-state index contributed by atoms with van der Waals surface area (Å²) in [5.41, 5.74) is 5.73. The number of hydrogen-bond acceptors (Lipinski definition) is 8. The van der Waals surface area contributed by atoms with Gasteiger partial charge in [-0.1, -0.05) is 66.2 Å². The molecule has 7 rings (SSSR count). The highest BCUT2D eigenvalue weighted by atomic mass is 16.4. The van der Waals surface area contributed by atoms with E-state index in [1.807, 2.05) is 55.5 Å². The summed E-state index contributed by atoms with van der Waals surface area (Å²) in [4.78, 5) is 27.8. The number of benzene rings is 5. The van der Waals surface area contributed by atoms with Crippen LogP contribution in [0.5, 0.6) is 11.5 Å². The molecule has 0 amide bonds. The first-order chi connectivity index (χ1) is 24.1. The summed E-state index contributed by atoms with van der Waals surface area (Å²) in [6.45, 7) is 1.93. The highest BCUT2D eigenvalue weighted by Gasteiger charge is 2.37. The van der Waals surface area contributed by atoms with Crippen LogP contribution in [0.2, 0.25) is 0 Å². The van der Waals surface area contributed by atoms with Gasteiger partial charge in [-0.3, -0.25) is 9.59 Å². The lowest BCUT2D eigenvalue weighted by molar-refractivity contribution is -0.137. The Bertz CT molecular complexity index is 2160. The molecular formula is C38H32N6O6. The number of carboxylic acids is 2. The van der Waals surface area contributed by atoms with Crippen LogP contribution in [0.1, 0.15) is 52.8 Å². The lowest BCUT2D eigenvalue weighted by atomic mass is 9.69. The lowest BCUT2D eigenvalue weighted by Gasteiger charge is -2.34. The predicted octanol–water partition coefficient (Wildman–Crippen LogP) is 6.47. The molecule has 2 heterocycles. The van der Waals surface area contributed by atoms with Gasteiger partial charge in [-0.15, -0.1) is 30.0 Å². The summed E-state index contributed by atoms with van der Waals surface area (Å²) in [6, 6.07) is 31.6. The van der Waals surface area contributed by atoms with Crippen LogP contribution in [0, 0.1) is 6.92 Å². The number of fused-ring (bicyclic) bond motifs is 2. The fourth-order valence-electron chi connectivity index (χ4n) is 6.61. The van der Waals surface area contributed by atoms with Crippen LogP contribution in [-0.4, -0.2) is 62.4 Å². The molecule has 0 fully saturated rings. The van der Waals surface area contributed by atoms with Crippen molar-refractivity contribution in [3.8, 4) is 22.9 Å². The van der Waals surface area contributed by atoms with E-state index < -0.39 is 29.7 Å². The van der Waals surface area contributed by atoms with Crippen LogP contribution >= 0.6 is 0 Å². The molecule has 12 heteroatoms. The Kier molecular flexibility index (Phi) is 8.42. The van der Waals surface area contributed by atoms with Crippen molar-refractivity contribution >= 4 is 34.0 Å². The fraction of sp³-hybridized carbons (Fsp3) is 0.158.